The molecule has 0 saturated carbocycles. The highest BCUT2D eigenvalue weighted by Gasteiger charge is 2.12. The first kappa shape index (κ1) is 23.2. The first-order valence-corrected chi connectivity index (χ1v) is 9.40. The molecule has 2 N–H and O–H groups in total. The zero-order valence-electron chi connectivity index (χ0n) is 16.5. The number of esters is 1. The van der Waals surface area contributed by atoms with Gasteiger partial charge in [0.05, 0.1) is 31.4 Å². The Morgan fingerprint density at radius 2 is 1.40 bits per heavy atom. The summed E-state index contributed by atoms with van der Waals surface area (Å²) < 4.78 is 41.4. The molecule has 0 saturated heterocycles. The fourth-order valence-corrected chi connectivity index (χ4v) is 2.74. The van der Waals surface area contributed by atoms with E-state index in [0.717, 1.165) is 0 Å². The van der Waals surface area contributed by atoms with Gasteiger partial charge in [0.1, 0.15) is 23.1 Å². The average molecular weight is 480 g/mol. The number of rotatable bonds is 4. The standard InChI is InChI=1S/C15H14FNO3.C7H6BrFO/c1-19-10-4-6-11(13(16)8-10)12-5-3-9(7-14(12)17)15(18)20-2;1-10-5-2-3-6(8)7(9)4-5/h3-8H,17H2,1-2H3;2-4H,1H3. The van der Waals surface area contributed by atoms with E-state index in [1.807, 2.05) is 0 Å². The zero-order valence-corrected chi connectivity index (χ0v) is 18.1. The van der Waals surface area contributed by atoms with E-state index in [-0.39, 0.29) is 5.82 Å². The van der Waals surface area contributed by atoms with Crippen molar-refractivity contribution in [2.75, 3.05) is 27.1 Å². The van der Waals surface area contributed by atoms with Crippen LogP contribution in [0.25, 0.3) is 11.1 Å². The van der Waals surface area contributed by atoms with Gasteiger partial charge in [-0.05, 0) is 52.3 Å². The number of nitrogen functional groups attached to an aromatic ring is 1. The lowest BCUT2D eigenvalue weighted by Crippen LogP contribution is -2.03. The Hall–Kier alpha value is -3.13. The molecule has 0 unspecified atom stereocenters. The van der Waals surface area contributed by atoms with Gasteiger partial charge < -0.3 is 19.9 Å². The molecule has 0 bridgehead atoms. The highest BCUT2D eigenvalue weighted by molar-refractivity contribution is 9.10. The topological polar surface area (TPSA) is 70.8 Å². The molecule has 0 fully saturated rings. The Morgan fingerprint density at radius 1 is 0.833 bits per heavy atom. The quantitative estimate of drug-likeness (QED) is 0.397. The predicted molar refractivity (Wildman–Crippen MR) is 115 cm³/mol. The van der Waals surface area contributed by atoms with Crippen molar-refractivity contribution in [2.45, 2.75) is 0 Å². The average Bonchev–Trinajstić information content (AvgIpc) is 2.75. The third kappa shape index (κ3) is 5.70. The lowest BCUT2D eigenvalue weighted by atomic mass is 10.0. The summed E-state index contributed by atoms with van der Waals surface area (Å²) in [5.41, 5.74) is 7.36. The lowest BCUT2D eigenvalue weighted by Gasteiger charge is -2.10. The minimum atomic E-state index is -0.488. The second kappa shape index (κ2) is 10.6. The summed E-state index contributed by atoms with van der Waals surface area (Å²) in [6.07, 6.45) is 0. The van der Waals surface area contributed by atoms with Crippen molar-refractivity contribution in [1.82, 2.24) is 0 Å². The summed E-state index contributed by atoms with van der Waals surface area (Å²) in [4.78, 5) is 11.4. The molecule has 0 aliphatic carbocycles. The van der Waals surface area contributed by atoms with E-state index >= 15 is 0 Å². The smallest absolute Gasteiger partial charge is 0.337 e. The van der Waals surface area contributed by atoms with E-state index in [1.54, 1.807) is 36.4 Å². The maximum Gasteiger partial charge on any atom is 0.337 e. The Balaban J connectivity index is 0.000000269. The fourth-order valence-electron chi connectivity index (χ4n) is 2.50. The van der Waals surface area contributed by atoms with E-state index in [0.29, 0.717) is 38.3 Å². The molecule has 3 aromatic rings. The Bertz CT molecular complexity index is 1040. The van der Waals surface area contributed by atoms with Crippen molar-refractivity contribution >= 4 is 27.6 Å². The molecule has 0 spiro atoms. The van der Waals surface area contributed by atoms with Crippen molar-refractivity contribution in [3.63, 3.8) is 0 Å². The predicted octanol–water partition coefficient (Wildman–Crippen LogP) is 5.47. The van der Waals surface area contributed by atoms with Crippen LogP contribution < -0.4 is 15.2 Å². The maximum atomic E-state index is 14.0. The number of nitrogens with two attached hydrogens (primary N) is 1. The molecule has 0 aliphatic rings. The van der Waals surface area contributed by atoms with Crippen molar-refractivity contribution in [3.8, 4) is 22.6 Å². The van der Waals surface area contributed by atoms with Crippen molar-refractivity contribution < 1.29 is 27.8 Å². The van der Waals surface area contributed by atoms with Crippen LogP contribution in [-0.4, -0.2) is 27.3 Å². The molecule has 158 valence electrons. The van der Waals surface area contributed by atoms with Gasteiger partial charge in [-0.2, -0.15) is 0 Å². The maximum absolute atomic E-state index is 14.0. The summed E-state index contributed by atoms with van der Waals surface area (Å²) in [5, 5.41) is 0. The molecule has 0 aliphatic heterocycles. The molecule has 0 radical (unpaired) electrons. The van der Waals surface area contributed by atoms with Crippen LogP contribution in [0.3, 0.4) is 0 Å². The van der Waals surface area contributed by atoms with E-state index in [2.05, 4.69) is 20.7 Å². The van der Waals surface area contributed by atoms with Crippen LogP contribution >= 0.6 is 15.9 Å². The molecule has 0 amide bonds. The second-order valence-corrected chi connectivity index (χ2v) is 6.77. The Kier molecular flexibility index (Phi) is 8.17. The van der Waals surface area contributed by atoms with E-state index in [9.17, 15) is 13.6 Å². The number of ether oxygens (including phenoxy) is 3. The number of hydrogen-bond donors (Lipinski definition) is 1. The van der Waals surface area contributed by atoms with Gasteiger partial charge in [-0.15, -0.1) is 0 Å². The van der Waals surface area contributed by atoms with Gasteiger partial charge in [0.15, 0.2) is 0 Å². The second-order valence-electron chi connectivity index (χ2n) is 5.92. The van der Waals surface area contributed by atoms with E-state index in [4.69, 9.17) is 15.2 Å². The minimum absolute atomic E-state index is 0.303. The molecule has 3 aromatic carbocycles. The molecule has 8 heteroatoms. The van der Waals surface area contributed by atoms with Crippen LogP contribution in [0.1, 0.15) is 10.4 Å². The Labute approximate surface area is 181 Å². The molecule has 5 nitrogen and oxygen atoms in total. The normalized spacial score (nSPS) is 9.93. The Morgan fingerprint density at radius 3 is 1.90 bits per heavy atom. The van der Waals surface area contributed by atoms with Crippen LogP contribution in [0, 0.1) is 11.6 Å². The first-order chi connectivity index (χ1) is 14.3. The van der Waals surface area contributed by atoms with Crippen LogP contribution in [-0.2, 0) is 4.74 Å². The molecule has 0 heterocycles. The van der Waals surface area contributed by atoms with Gasteiger partial charge in [-0.3, -0.25) is 0 Å². The van der Waals surface area contributed by atoms with Gasteiger partial charge in [0, 0.05) is 28.9 Å². The largest absolute Gasteiger partial charge is 0.497 e. The van der Waals surface area contributed by atoms with Crippen LogP contribution in [0.15, 0.2) is 59.1 Å². The number of halogens is 3. The SMILES string of the molecule is COC(=O)c1ccc(-c2ccc(OC)cc2F)c(N)c1.COc1ccc(Br)c(F)c1. The summed E-state index contributed by atoms with van der Waals surface area (Å²) in [6.45, 7) is 0. The van der Waals surface area contributed by atoms with E-state index < -0.39 is 11.8 Å². The lowest BCUT2D eigenvalue weighted by molar-refractivity contribution is 0.0601. The van der Waals surface area contributed by atoms with Gasteiger partial charge in [0.25, 0.3) is 0 Å². The number of hydrogen-bond acceptors (Lipinski definition) is 5. The number of carbonyl (C=O) groups is 1. The minimum Gasteiger partial charge on any atom is -0.497 e. The summed E-state index contributed by atoms with van der Waals surface area (Å²) in [5.74, 6) is -0.281. The van der Waals surface area contributed by atoms with Crippen molar-refractivity contribution in [1.29, 1.82) is 0 Å². The molecular formula is C22H20BrF2NO4. The molecular weight excluding hydrogens is 460 g/mol. The highest BCUT2D eigenvalue weighted by Crippen LogP contribution is 2.31. The first-order valence-electron chi connectivity index (χ1n) is 8.61. The molecule has 0 atom stereocenters. The van der Waals surface area contributed by atoms with Gasteiger partial charge in [-0.25, -0.2) is 13.6 Å². The molecule has 0 aromatic heterocycles. The van der Waals surface area contributed by atoms with Crippen LogP contribution in [0.2, 0.25) is 0 Å². The monoisotopic (exact) mass is 479 g/mol. The van der Waals surface area contributed by atoms with Gasteiger partial charge >= 0.3 is 5.97 Å². The number of anilines is 1. The number of methoxy groups -OCH3 is 3. The molecule has 30 heavy (non-hydrogen) atoms. The fraction of sp³-hybridized carbons (Fsp3) is 0.136. The van der Waals surface area contributed by atoms with E-state index in [1.165, 1.54) is 39.5 Å². The van der Waals surface area contributed by atoms with Gasteiger partial charge in [0.2, 0.25) is 0 Å². The number of carbonyl (C=O) groups excluding carboxylic acids is 1. The van der Waals surface area contributed by atoms with Gasteiger partial charge in [-0.1, -0.05) is 6.07 Å². The zero-order chi connectivity index (χ0) is 22.3. The third-order valence-corrected chi connectivity index (χ3v) is 4.71. The summed E-state index contributed by atoms with van der Waals surface area (Å²) in [6, 6.07) is 13.7. The highest BCUT2D eigenvalue weighted by atomic mass is 79.9. The van der Waals surface area contributed by atoms with Crippen molar-refractivity contribution in [3.05, 3.63) is 76.3 Å². The molecule has 3 rings (SSSR count). The van der Waals surface area contributed by atoms with Crippen LogP contribution in [0.4, 0.5) is 14.5 Å². The van der Waals surface area contributed by atoms with Crippen molar-refractivity contribution in [2.24, 2.45) is 0 Å². The summed E-state index contributed by atoms with van der Waals surface area (Å²) in [7, 11) is 4.26. The van der Waals surface area contributed by atoms with Crippen LogP contribution in [0.5, 0.6) is 11.5 Å². The third-order valence-electron chi connectivity index (χ3n) is 4.07. The summed E-state index contributed by atoms with van der Waals surface area (Å²) >= 11 is 3.03. The number of benzene rings is 3.